The van der Waals surface area contributed by atoms with Crippen molar-refractivity contribution in [1.82, 2.24) is 0 Å². The van der Waals surface area contributed by atoms with Gasteiger partial charge in [0.2, 0.25) is 0 Å². The van der Waals surface area contributed by atoms with Gasteiger partial charge in [0.1, 0.15) is 5.75 Å². The summed E-state index contributed by atoms with van der Waals surface area (Å²) in [6.45, 7) is 0. The molecule has 0 spiro atoms. The predicted molar refractivity (Wildman–Crippen MR) is 97.4 cm³/mol. The summed E-state index contributed by atoms with van der Waals surface area (Å²) in [6.07, 6.45) is 6.69. The number of amides is 1. The quantitative estimate of drug-likeness (QED) is 0.780. The Morgan fingerprint density at radius 2 is 1.79 bits per heavy atom. The lowest BCUT2D eigenvalue weighted by Gasteiger charge is -2.18. The molecule has 0 unspecified atom stereocenters. The van der Waals surface area contributed by atoms with E-state index in [1.165, 1.54) is 24.0 Å². The van der Waals surface area contributed by atoms with Crippen molar-refractivity contribution in [1.29, 1.82) is 0 Å². The number of para-hydroxylation sites is 1. The zero-order valence-corrected chi connectivity index (χ0v) is 14.1. The maximum absolute atomic E-state index is 12.7. The van der Waals surface area contributed by atoms with E-state index in [1.807, 2.05) is 37.4 Å². The van der Waals surface area contributed by atoms with E-state index in [4.69, 9.17) is 4.74 Å². The van der Waals surface area contributed by atoms with E-state index in [1.54, 1.807) is 12.0 Å². The summed E-state index contributed by atoms with van der Waals surface area (Å²) in [5, 5.41) is 0. The van der Waals surface area contributed by atoms with Gasteiger partial charge in [-0.25, -0.2) is 0 Å². The van der Waals surface area contributed by atoms with Gasteiger partial charge in [-0.1, -0.05) is 18.2 Å². The van der Waals surface area contributed by atoms with Crippen molar-refractivity contribution in [2.45, 2.75) is 25.7 Å². The van der Waals surface area contributed by atoms with Crippen LogP contribution in [-0.2, 0) is 17.6 Å². The number of methoxy groups -OCH3 is 1. The molecule has 4 rings (SSSR count). The molecule has 0 N–H and O–H groups in total. The molecule has 1 heterocycles. The summed E-state index contributed by atoms with van der Waals surface area (Å²) >= 11 is 0. The first kappa shape index (κ1) is 15.0. The Bertz CT molecular complexity index is 851. The number of aryl methyl sites for hydroxylation is 2. The average Bonchev–Trinajstić information content (AvgIpc) is 2.86. The van der Waals surface area contributed by atoms with Gasteiger partial charge in [-0.15, -0.1) is 0 Å². The number of nitrogens with zero attached hydrogens (tertiary/aromatic N) is 1. The normalized spacial score (nSPS) is 17.8. The Morgan fingerprint density at radius 3 is 2.54 bits per heavy atom. The molecule has 0 radical (unpaired) electrons. The smallest absolute Gasteiger partial charge is 0.258 e. The predicted octanol–water partition coefficient (Wildman–Crippen LogP) is 4.09. The molecule has 122 valence electrons. The first-order valence-electron chi connectivity index (χ1n) is 8.48. The number of rotatable bonds is 2. The molecule has 2 aromatic carbocycles. The highest BCUT2D eigenvalue weighted by molar-refractivity contribution is 6.35. The van der Waals surface area contributed by atoms with E-state index in [-0.39, 0.29) is 5.91 Å². The molecular weight excluding hydrogens is 298 g/mol. The largest absolute Gasteiger partial charge is 0.496 e. The highest BCUT2D eigenvalue weighted by Gasteiger charge is 2.29. The lowest BCUT2D eigenvalue weighted by atomic mass is 9.89. The zero-order valence-electron chi connectivity index (χ0n) is 14.1. The Labute approximate surface area is 142 Å². The van der Waals surface area contributed by atoms with Gasteiger partial charge in [-0.3, -0.25) is 4.79 Å². The van der Waals surface area contributed by atoms with Gasteiger partial charge >= 0.3 is 0 Å². The molecule has 0 aromatic heterocycles. The summed E-state index contributed by atoms with van der Waals surface area (Å²) in [6, 6.07) is 12.3. The first-order valence-corrected chi connectivity index (χ1v) is 8.48. The molecule has 2 aliphatic rings. The summed E-state index contributed by atoms with van der Waals surface area (Å²) in [7, 11) is 3.52. The lowest BCUT2D eigenvalue weighted by molar-refractivity contribution is -0.112. The highest BCUT2D eigenvalue weighted by Crippen LogP contribution is 2.38. The van der Waals surface area contributed by atoms with Crippen LogP contribution in [-0.4, -0.2) is 20.1 Å². The van der Waals surface area contributed by atoms with Crippen molar-refractivity contribution in [2.75, 3.05) is 19.1 Å². The fourth-order valence-corrected chi connectivity index (χ4v) is 3.77. The van der Waals surface area contributed by atoms with Crippen LogP contribution in [0.25, 0.3) is 11.6 Å². The van der Waals surface area contributed by atoms with Gasteiger partial charge in [0, 0.05) is 23.7 Å². The number of ether oxygens (including phenoxy) is 1. The molecule has 1 amide bonds. The molecule has 24 heavy (non-hydrogen) atoms. The fourth-order valence-electron chi connectivity index (χ4n) is 3.77. The van der Waals surface area contributed by atoms with Crippen molar-refractivity contribution < 1.29 is 9.53 Å². The first-order chi connectivity index (χ1) is 11.7. The topological polar surface area (TPSA) is 29.5 Å². The molecule has 3 nitrogen and oxygen atoms in total. The second-order valence-electron chi connectivity index (χ2n) is 6.51. The monoisotopic (exact) mass is 319 g/mol. The van der Waals surface area contributed by atoms with Crippen LogP contribution < -0.4 is 9.64 Å². The maximum Gasteiger partial charge on any atom is 0.258 e. The standard InChI is InChI=1S/C21H21NO2/c1-22-19-10-6-5-9-17(19)18(21(22)23)12-16-11-14-7-3-4-8-15(14)13-20(16)24-2/h5-6,9-13H,3-4,7-8H2,1-2H3/b18-12+. The van der Waals surface area contributed by atoms with E-state index in [9.17, 15) is 4.79 Å². The summed E-state index contributed by atoms with van der Waals surface area (Å²) in [5.74, 6) is 0.888. The molecule has 3 heteroatoms. The third kappa shape index (κ3) is 2.32. The molecular formula is C21H21NO2. The third-order valence-electron chi connectivity index (χ3n) is 5.08. The number of likely N-dealkylation sites (N-methyl/N-ethyl adjacent to an activating group) is 1. The van der Waals surface area contributed by atoms with Crippen LogP contribution in [0.4, 0.5) is 5.69 Å². The number of carbonyl (C=O) groups excluding carboxylic acids is 1. The minimum atomic E-state index is 0.0379. The van der Waals surface area contributed by atoms with Crippen molar-refractivity contribution >= 4 is 23.2 Å². The van der Waals surface area contributed by atoms with Gasteiger partial charge in [-0.2, -0.15) is 0 Å². The Kier molecular flexibility index (Phi) is 3.64. The molecule has 1 aliphatic heterocycles. The number of hydrogen-bond donors (Lipinski definition) is 0. The van der Waals surface area contributed by atoms with E-state index < -0.39 is 0 Å². The Morgan fingerprint density at radius 1 is 1.08 bits per heavy atom. The van der Waals surface area contributed by atoms with Crippen LogP contribution in [0.3, 0.4) is 0 Å². The van der Waals surface area contributed by atoms with E-state index in [0.717, 1.165) is 41.0 Å². The van der Waals surface area contributed by atoms with Crippen LogP contribution in [0, 0.1) is 0 Å². The van der Waals surface area contributed by atoms with Gasteiger partial charge in [0.05, 0.1) is 12.8 Å². The lowest BCUT2D eigenvalue weighted by Crippen LogP contribution is -2.20. The minimum Gasteiger partial charge on any atom is -0.496 e. The van der Waals surface area contributed by atoms with E-state index >= 15 is 0 Å². The zero-order chi connectivity index (χ0) is 16.7. The van der Waals surface area contributed by atoms with Crippen molar-refractivity contribution in [3.63, 3.8) is 0 Å². The number of hydrogen-bond acceptors (Lipinski definition) is 2. The number of benzene rings is 2. The number of fused-ring (bicyclic) bond motifs is 2. The van der Waals surface area contributed by atoms with Crippen LogP contribution in [0.5, 0.6) is 5.75 Å². The molecule has 0 saturated heterocycles. The highest BCUT2D eigenvalue weighted by atomic mass is 16.5. The van der Waals surface area contributed by atoms with Crippen molar-refractivity contribution in [3.8, 4) is 5.75 Å². The van der Waals surface area contributed by atoms with Crippen LogP contribution in [0.2, 0.25) is 0 Å². The minimum absolute atomic E-state index is 0.0379. The van der Waals surface area contributed by atoms with E-state index in [2.05, 4.69) is 12.1 Å². The molecule has 0 atom stereocenters. The van der Waals surface area contributed by atoms with Gasteiger partial charge in [0.15, 0.2) is 0 Å². The third-order valence-corrected chi connectivity index (χ3v) is 5.08. The Balaban J connectivity index is 1.85. The van der Waals surface area contributed by atoms with Crippen LogP contribution in [0.15, 0.2) is 36.4 Å². The Hall–Kier alpha value is -2.55. The maximum atomic E-state index is 12.7. The molecule has 0 fully saturated rings. The molecule has 0 saturated carbocycles. The average molecular weight is 319 g/mol. The summed E-state index contributed by atoms with van der Waals surface area (Å²) < 4.78 is 5.60. The van der Waals surface area contributed by atoms with Crippen molar-refractivity contribution in [2.24, 2.45) is 0 Å². The van der Waals surface area contributed by atoms with Crippen LogP contribution >= 0.6 is 0 Å². The van der Waals surface area contributed by atoms with Gasteiger partial charge in [0.25, 0.3) is 5.91 Å². The van der Waals surface area contributed by atoms with Crippen LogP contribution in [0.1, 0.15) is 35.1 Å². The van der Waals surface area contributed by atoms with Gasteiger partial charge < -0.3 is 9.64 Å². The SMILES string of the molecule is COc1cc2c(cc1/C=C1/C(=O)N(C)c3ccccc31)CCCC2. The van der Waals surface area contributed by atoms with Gasteiger partial charge in [-0.05, 0) is 61.1 Å². The number of anilines is 1. The second-order valence-corrected chi connectivity index (χ2v) is 6.51. The summed E-state index contributed by atoms with van der Waals surface area (Å²) in [5.41, 5.74) is 6.46. The number of carbonyl (C=O) groups is 1. The summed E-state index contributed by atoms with van der Waals surface area (Å²) in [4.78, 5) is 14.4. The van der Waals surface area contributed by atoms with E-state index in [0.29, 0.717) is 0 Å². The fraction of sp³-hybridized carbons (Fsp3) is 0.286. The van der Waals surface area contributed by atoms with Crippen molar-refractivity contribution in [3.05, 3.63) is 58.7 Å². The second kappa shape index (κ2) is 5.82. The molecule has 1 aliphatic carbocycles. The molecule has 0 bridgehead atoms. The molecule has 2 aromatic rings.